The summed E-state index contributed by atoms with van der Waals surface area (Å²) in [6.07, 6.45) is 2.98. The molecule has 0 spiro atoms. The van der Waals surface area contributed by atoms with E-state index in [1.54, 1.807) is 0 Å². The maximum atomic E-state index is 12.2. The average molecular weight is 269 g/mol. The Morgan fingerprint density at radius 1 is 1.56 bits per heavy atom. The lowest BCUT2D eigenvalue weighted by Gasteiger charge is -2.43. The Labute approximate surface area is 109 Å². The van der Waals surface area contributed by atoms with E-state index in [4.69, 9.17) is 0 Å². The molecule has 0 bridgehead atoms. The van der Waals surface area contributed by atoms with Crippen LogP contribution in [0.3, 0.4) is 0 Å². The Morgan fingerprint density at radius 2 is 2.28 bits per heavy atom. The molecule has 2 rings (SSSR count). The molecule has 1 saturated heterocycles. The third-order valence-electron chi connectivity index (χ3n) is 3.35. The highest BCUT2D eigenvalue weighted by Gasteiger charge is 2.45. The van der Waals surface area contributed by atoms with Crippen molar-refractivity contribution in [2.75, 3.05) is 6.54 Å². The molecule has 1 atom stereocenters. The van der Waals surface area contributed by atoms with E-state index in [1.807, 2.05) is 13.8 Å². The van der Waals surface area contributed by atoms with E-state index < -0.39 is 17.4 Å². The molecule has 1 N–H and O–H groups in total. The van der Waals surface area contributed by atoms with E-state index in [0.29, 0.717) is 6.54 Å². The van der Waals surface area contributed by atoms with Gasteiger partial charge in [-0.25, -0.2) is 4.79 Å². The predicted molar refractivity (Wildman–Crippen MR) is 65.4 cm³/mol. The predicted octanol–water partition coefficient (Wildman–Crippen LogP) is 1.25. The van der Waals surface area contributed by atoms with Gasteiger partial charge in [-0.3, -0.25) is 4.79 Å². The SMILES string of the molecule is CC1(C)CCCN(C(=O)c2cnsn2)C1C(=O)O. The van der Waals surface area contributed by atoms with Crippen molar-refractivity contribution in [3.63, 3.8) is 0 Å². The molecular formula is C11H15N3O3S. The van der Waals surface area contributed by atoms with Crippen LogP contribution in [0.4, 0.5) is 0 Å². The smallest absolute Gasteiger partial charge is 0.326 e. The fourth-order valence-corrected chi connectivity index (χ4v) is 2.89. The van der Waals surface area contributed by atoms with Crippen LogP contribution in [0.1, 0.15) is 37.2 Å². The topological polar surface area (TPSA) is 83.4 Å². The van der Waals surface area contributed by atoms with Crippen molar-refractivity contribution in [2.24, 2.45) is 5.41 Å². The van der Waals surface area contributed by atoms with Gasteiger partial charge in [0.2, 0.25) is 0 Å². The summed E-state index contributed by atoms with van der Waals surface area (Å²) < 4.78 is 7.66. The molecule has 1 aliphatic rings. The second-order valence-electron chi connectivity index (χ2n) is 5.12. The highest BCUT2D eigenvalue weighted by molar-refractivity contribution is 6.99. The monoisotopic (exact) mass is 269 g/mol. The first-order valence-electron chi connectivity index (χ1n) is 5.75. The zero-order chi connectivity index (χ0) is 13.3. The van der Waals surface area contributed by atoms with Gasteiger partial charge in [0.15, 0.2) is 5.69 Å². The molecule has 1 aromatic rings. The normalized spacial score (nSPS) is 22.8. The van der Waals surface area contributed by atoms with Crippen LogP contribution in [-0.4, -0.2) is 43.2 Å². The fourth-order valence-electron chi connectivity index (χ4n) is 2.49. The van der Waals surface area contributed by atoms with Crippen molar-refractivity contribution in [1.29, 1.82) is 0 Å². The molecule has 1 amide bonds. The largest absolute Gasteiger partial charge is 0.480 e. The summed E-state index contributed by atoms with van der Waals surface area (Å²) in [7, 11) is 0. The van der Waals surface area contributed by atoms with Gasteiger partial charge in [-0.15, -0.1) is 0 Å². The van der Waals surface area contributed by atoms with Gasteiger partial charge in [-0.05, 0) is 18.3 Å². The first-order valence-corrected chi connectivity index (χ1v) is 6.48. The van der Waals surface area contributed by atoms with Gasteiger partial charge in [-0.1, -0.05) is 13.8 Å². The Hall–Kier alpha value is -1.50. The van der Waals surface area contributed by atoms with Crippen LogP contribution in [0.2, 0.25) is 0 Å². The van der Waals surface area contributed by atoms with Crippen molar-refractivity contribution >= 4 is 23.6 Å². The number of hydrogen-bond donors (Lipinski definition) is 1. The minimum Gasteiger partial charge on any atom is -0.480 e. The van der Waals surface area contributed by atoms with Crippen molar-refractivity contribution < 1.29 is 14.7 Å². The molecule has 7 heteroatoms. The van der Waals surface area contributed by atoms with E-state index >= 15 is 0 Å². The second kappa shape index (κ2) is 4.64. The van der Waals surface area contributed by atoms with Crippen LogP contribution in [0.5, 0.6) is 0 Å². The van der Waals surface area contributed by atoms with Crippen LogP contribution in [0.15, 0.2) is 6.20 Å². The Morgan fingerprint density at radius 3 is 2.83 bits per heavy atom. The zero-order valence-corrected chi connectivity index (χ0v) is 11.1. The lowest BCUT2D eigenvalue weighted by atomic mass is 9.76. The third kappa shape index (κ3) is 2.22. The van der Waals surface area contributed by atoms with Crippen molar-refractivity contribution in [2.45, 2.75) is 32.7 Å². The van der Waals surface area contributed by atoms with Gasteiger partial charge in [0, 0.05) is 6.54 Å². The fraction of sp³-hybridized carbons (Fsp3) is 0.636. The number of rotatable bonds is 2. The molecule has 1 aliphatic heterocycles. The van der Waals surface area contributed by atoms with Gasteiger partial charge in [0.05, 0.1) is 17.9 Å². The third-order valence-corrected chi connectivity index (χ3v) is 3.83. The highest BCUT2D eigenvalue weighted by Crippen LogP contribution is 2.35. The molecule has 18 heavy (non-hydrogen) atoms. The Bertz CT molecular complexity index is 458. The van der Waals surface area contributed by atoms with Crippen LogP contribution in [0.25, 0.3) is 0 Å². The molecular weight excluding hydrogens is 254 g/mol. The minimum absolute atomic E-state index is 0.226. The number of aliphatic carboxylic acids is 1. The van der Waals surface area contributed by atoms with E-state index in [-0.39, 0.29) is 11.6 Å². The molecule has 0 aromatic carbocycles. The quantitative estimate of drug-likeness (QED) is 0.873. The summed E-state index contributed by atoms with van der Waals surface area (Å²) >= 11 is 0.947. The number of hydrogen-bond acceptors (Lipinski definition) is 5. The summed E-state index contributed by atoms with van der Waals surface area (Å²) in [6.45, 7) is 4.21. The number of carbonyl (C=O) groups excluding carboxylic acids is 1. The lowest BCUT2D eigenvalue weighted by molar-refractivity contribution is -0.148. The van der Waals surface area contributed by atoms with Gasteiger partial charge in [0.1, 0.15) is 6.04 Å². The van der Waals surface area contributed by atoms with Crippen LogP contribution >= 0.6 is 11.7 Å². The van der Waals surface area contributed by atoms with Crippen molar-refractivity contribution in [3.05, 3.63) is 11.9 Å². The summed E-state index contributed by atoms with van der Waals surface area (Å²) in [4.78, 5) is 25.1. The van der Waals surface area contributed by atoms with Crippen molar-refractivity contribution in [3.8, 4) is 0 Å². The molecule has 1 unspecified atom stereocenters. The van der Waals surface area contributed by atoms with Gasteiger partial charge < -0.3 is 10.0 Å². The molecule has 1 fully saturated rings. The van der Waals surface area contributed by atoms with Crippen molar-refractivity contribution in [1.82, 2.24) is 13.6 Å². The molecule has 0 radical (unpaired) electrons. The number of aromatic nitrogens is 2. The standard InChI is InChI=1S/C11H15N3O3S/c1-11(2)4-3-5-14(8(11)10(16)17)9(15)7-6-12-18-13-7/h6,8H,3-5H2,1-2H3,(H,16,17). The highest BCUT2D eigenvalue weighted by atomic mass is 32.1. The summed E-state index contributed by atoms with van der Waals surface area (Å²) in [5.41, 5.74) is -0.202. The number of piperidine rings is 1. The molecule has 0 aliphatic carbocycles. The number of carboxylic acid groups (broad SMARTS) is 1. The van der Waals surface area contributed by atoms with E-state index in [2.05, 4.69) is 8.75 Å². The Kier molecular flexibility index (Phi) is 3.34. The number of amides is 1. The van der Waals surface area contributed by atoms with E-state index in [1.165, 1.54) is 11.1 Å². The summed E-state index contributed by atoms with van der Waals surface area (Å²) in [6, 6.07) is -0.805. The average Bonchev–Trinajstić information content (AvgIpc) is 2.79. The second-order valence-corrected chi connectivity index (χ2v) is 5.68. The number of likely N-dealkylation sites (tertiary alicyclic amines) is 1. The maximum Gasteiger partial charge on any atom is 0.326 e. The molecule has 1 aromatic heterocycles. The molecule has 98 valence electrons. The lowest BCUT2D eigenvalue weighted by Crippen LogP contribution is -2.56. The van der Waals surface area contributed by atoms with Crippen LogP contribution < -0.4 is 0 Å². The first kappa shape index (κ1) is 12.9. The molecule has 6 nitrogen and oxygen atoms in total. The number of carbonyl (C=O) groups is 2. The van der Waals surface area contributed by atoms with Gasteiger partial charge >= 0.3 is 5.97 Å². The summed E-state index contributed by atoms with van der Waals surface area (Å²) in [5, 5.41) is 9.36. The van der Waals surface area contributed by atoms with E-state index in [0.717, 1.165) is 24.6 Å². The van der Waals surface area contributed by atoms with E-state index in [9.17, 15) is 14.7 Å². The minimum atomic E-state index is -0.962. The summed E-state index contributed by atoms with van der Waals surface area (Å²) in [5.74, 6) is -1.31. The van der Waals surface area contributed by atoms with Gasteiger partial charge in [0.25, 0.3) is 5.91 Å². The first-order chi connectivity index (χ1) is 8.43. The van der Waals surface area contributed by atoms with Crippen LogP contribution in [-0.2, 0) is 4.79 Å². The number of carboxylic acids is 1. The van der Waals surface area contributed by atoms with Crippen LogP contribution in [0, 0.1) is 5.41 Å². The molecule has 2 heterocycles. The number of nitrogens with zero attached hydrogens (tertiary/aromatic N) is 3. The zero-order valence-electron chi connectivity index (χ0n) is 10.3. The maximum absolute atomic E-state index is 12.2. The van der Waals surface area contributed by atoms with Gasteiger partial charge in [-0.2, -0.15) is 8.75 Å². The molecule has 0 saturated carbocycles. The Balaban J connectivity index is 2.30.